The van der Waals surface area contributed by atoms with Gasteiger partial charge in [-0.05, 0) is 48.7 Å². The highest BCUT2D eigenvalue weighted by Crippen LogP contribution is 2.25. The summed E-state index contributed by atoms with van der Waals surface area (Å²) >= 11 is 1.59. The zero-order valence-electron chi connectivity index (χ0n) is 17.9. The van der Waals surface area contributed by atoms with Gasteiger partial charge in [-0.3, -0.25) is 14.0 Å². The van der Waals surface area contributed by atoms with Crippen molar-refractivity contribution in [3.8, 4) is 16.4 Å². The molecule has 4 aromatic heterocycles. The smallest absolute Gasteiger partial charge is 0.273 e. The Balaban J connectivity index is 1.28. The average molecular weight is 457 g/mol. The van der Waals surface area contributed by atoms with Crippen molar-refractivity contribution in [1.82, 2.24) is 29.3 Å². The van der Waals surface area contributed by atoms with E-state index in [0.29, 0.717) is 23.0 Å². The van der Waals surface area contributed by atoms with Crippen molar-refractivity contribution in [3.63, 3.8) is 0 Å². The summed E-state index contributed by atoms with van der Waals surface area (Å²) in [4.78, 5) is 26.7. The largest absolute Gasteiger partial charge is 0.340 e. The van der Waals surface area contributed by atoms with Gasteiger partial charge < -0.3 is 10.6 Å². The van der Waals surface area contributed by atoms with Crippen molar-refractivity contribution < 1.29 is 4.79 Å². The Bertz CT molecular complexity index is 1390. The van der Waals surface area contributed by atoms with Gasteiger partial charge >= 0.3 is 0 Å². The van der Waals surface area contributed by atoms with Gasteiger partial charge in [0.1, 0.15) is 35.2 Å². The van der Waals surface area contributed by atoms with Gasteiger partial charge in [-0.2, -0.15) is 5.10 Å². The van der Waals surface area contributed by atoms with E-state index in [4.69, 9.17) is 0 Å². The van der Waals surface area contributed by atoms with Crippen LogP contribution in [0.2, 0.25) is 0 Å². The minimum absolute atomic E-state index is 0.218. The molecule has 0 unspecified atom stereocenters. The molecule has 5 aromatic rings. The molecular formula is C23H20N8OS. The monoisotopic (exact) mass is 456 g/mol. The third-order valence-corrected chi connectivity index (χ3v) is 5.79. The van der Waals surface area contributed by atoms with Crippen LogP contribution in [0.25, 0.3) is 16.4 Å². The summed E-state index contributed by atoms with van der Waals surface area (Å²) in [6.07, 6.45) is 5.22. The van der Waals surface area contributed by atoms with E-state index >= 15 is 0 Å². The number of carbonyl (C=O) groups excluding carboxylic acids is 1. The quantitative estimate of drug-likeness (QED) is 0.392. The Morgan fingerprint density at radius 3 is 2.61 bits per heavy atom. The minimum atomic E-state index is -0.218. The van der Waals surface area contributed by atoms with E-state index in [0.717, 1.165) is 22.1 Å². The maximum atomic E-state index is 12.8. The third-order valence-electron chi connectivity index (χ3n) is 4.89. The van der Waals surface area contributed by atoms with Gasteiger partial charge in [0.15, 0.2) is 0 Å². The van der Waals surface area contributed by atoms with Gasteiger partial charge in [0, 0.05) is 36.9 Å². The van der Waals surface area contributed by atoms with Crippen molar-refractivity contribution in [2.75, 3.05) is 10.6 Å². The first kappa shape index (κ1) is 20.6. The molecule has 1 aromatic carbocycles. The number of aromatic nitrogens is 6. The molecule has 4 heterocycles. The van der Waals surface area contributed by atoms with E-state index in [1.165, 1.54) is 0 Å². The van der Waals surface area contributed by atoms with Gasteiger partial charge in [-0.25, -0.2) is 15.0 Å². The van der Waals surface area contributed by atoms with Crippen LogP contribution >= 0.6 is 11.3 Å². The van der Waals surface area contributed by atoms with Crippen LogP contribution < -0.4 is 10.6 Å². The number of nitrogens with one attached hydrogen (secondary N) is 2. The van der Waals surface area contributed by atoms with Crippen LogP contribution in [0.4, 0.5) is 17.2 Å². The molecule has 0 bridgehead atoms. The van der Waals surface area contributed by atoms with Crippen LogP contribution in [-0.4, -0.2) is 35.2 Å². The first-order valence-electron chi connectivity index (χ1n) is 10.2. The lowest BCUT2D eigenvalue weighted by atomic mass is 10.2. The van der Waals surface area contributed by atoms with E-state index in [1.54, 1.807) is 41.7 Å². The fourth-order valence-corrected chi connectivity index (χ4v) is 4.03. The van der Waals surface area contributed by atoms with Crippen LogP contribution in [0, 0.1) is 6.92 Å². The third kappa shape index (κ3) is 4.51. The predicted molar refractivity (Wildman–Crippen MR) is 128 cm³/mol. The molecular weight excluding hydrogens is 436 g/mol. The number of amides is 1. The number of benzene rings is 1. The molecule has 0 saturated heterocycles. The number of hydrogen-bond donors (Lipinski definition) is 2. The van der Waals surface area contributed by atoms with Crippen molar-refractivity contribution in [3.05, 3.63) is 84.2 Å². The Hall–Kier alpha value is -4.31. The molecule has 33 heavy (non-hydrogen) atoms. The number of nitrogens with zero attached hydrogens (tertiary/aromatic N) is 6. The summed E-state index contributed by atoms with van der Waals surface area (Å²) < 4.78 is 3.41. The average Bonchev–Trinajstić information content (AvgIpc) is 3.56. The molecule has 9 nitrogen and oxygen atoms in total. The van der Waals surface area contributed by atoms with Crippen molar-refractivity contribution in [2.24, 2.45) is 7.05 Å². The molecule has 0 aliphatic carbocycles. The normalized spacial score (nSPS) is 10.8. The van der Waals surface area contributed by atoms with Crippen molar-refractivity contribution in [1.29, 1.82) is 0 Å². The lowest BCUT2D eigenvalue weighted by Crippen LogP contribution is -2.16. The lowest BCUT2D eigenvalue weighted by Gasteiger charge is -2.10. The van der Waals surface area contributed by atoms with Gasteiger partial charge in [-0.15, -0.1) is 11.3 Å². The second-order valence-corrected chi connectivity index (χ2v) is 8.25. The van der Waals surface area contributed by atoms with E-state index in [1.807, 2.05) is 65.5 Å². The number of imidazole rings is 1. The van der Waals surface area contributed by atoms with Crippen LogP contribution in [-0.2, 0) is 7.05 Å². The highest BCUT2D eigenvalue weighted by molar-refractivity contribution is 7.13. The highest BCUT2D eigenvalue weighted by atomic mass is 32.1. The second kappa shape index (κ2) is 8.67. The molecule has 1 amide bonds. The van der Waals surface area contributed by atoms with Crippen LogP contribution in [0.1, 0.15) is 16.3 Å². The van der Waals surface area contributed by atoms with Crippen LogP contribution in [0.3, 0.4) is 0 Å². The van der Waals surface area contributed by atoms with Gasteiger partial charge in [0.2, 0.25) is 0 Å². The van der Waals surface area contributed by atoms with Gasteiger partial charge in [0.25, 0.3) is 5.91 Å². The molecule has 0 radical (unpaired) electrons. The second-order valence-electron chi connectivity index (χ2n) is 7.30. The summed E-state index contributed by atoms with van der Waals surface area (Å²) in [6, 6.07) is 15.0. The first-order chi connectivity index (χ1) is 16.0. The summed E-state index contributed by atoms with van der Waals surface area (Å²) in [5, 5.41) is 12.6. The zero-order valence-corrected chi connectivity index (χ0v) is 18.7. The number of hydrogen-bond acceptors (Lipinski definition) is 7. The molecule has 164 valence electrons. The number of aryl methyl sites for hydroxylation is 2. The van der Waals surface area contributed by atoms with E-state index in [-0.39, 0.29) is 5.91 Å². The summed E-state index contributed by atoms with van der Waals surface area (Å²) in [5.41, 5.74) is 2.79. The molecule has 5 rings (SSSR count). The van der Waals surface area contributed by atoms with E-state index in [9.17, 15) is 4.79 Å². The summed E-state index contributed by atoms with van der Waals surface area (Å²) in [5.74, 6) is 1.82. The van der Waals surface area contributed by atoms with Crippen LogP contribution in [0.15, 0.2) is 72.6 Å². The minimum Gasteiger partial charge on any atom is -0.340 e. The SMILES string of the molecule is Cc1nc(Nc2ccc(NC(=O)c3cc(-c4cccs4)nn3C)cc2)cc(-n2ccnc2)n1. The number of anilines is 3. The summed E-state index contributed by atoms with van der Waals surface area (Å²) in [7, 11) is 1.76. The van der Waals surface area contributed by atoms with E-state index in [2.05, 4.69) is 30.7 Å². The topological polar surface area (TPSA) is 103 Å². The Labute approximate surface area is 193 Å². The molecule has 0 atom stereocenters. The van der Waals surface area contributed by atoms with Gasteiger partial charge in [-0.1, -0.05) is 6.07 Å². The maximum absolute atomic E-state index is 12.8. The predicted octanol–water partition coefficient (Wildman–Crippen LogP) is 4.43. The Morgan fingerprint density at radius 1 is 1.06 bits per heavy atom. The highest BCUT2D eigenvalue weighted by Gasteiger charge is 2.15. The lowest BCUT2D eigenvalue weighted by molar-refractivity contribution is 0.101. The van der Waals surface area contributed by atoms with Crippen molar-refractivity contribution in [2.45, 2.75) is 6.92 Å². The van der Waals surface area contributed by atoms with Crippen LogP contribution in [0.5, 0.6) is 0 Å². The van der Waals surface area contributed by atoms with E-state index < -0.39 is 0 Å². The number of rotatable bonds is 6. The Morgan fingerprint density at radius 2 is 1.88 bits per heavy atom. The first-order valence-corrected chi connectivity index (χ1v) is 11.0. The molecule has 0 saturated carbocycles. The molecule has 2 N–H and O–H groups in total. The van der Waals surface area contributed by atoms with Crippen molar-refractivity contribution >= 4 is 34.4 Å². The molecule has 0 spiro atoms. The number of carbonyl (C=O) groups is 1. The Kier molecular flexibility index (Phi) is 5.41. The molecule has 10 heteroatoms. The standard InChI is InChI=1S/C23H20N8OS/c1-15-25-21(13-22(26-15)31-10-9-24-14-31)27-16-5-7-17(8-6-16)28-23(32)19-12-18(29-30(19)2)20-4-3-11-33-20/h3-14H,1-2H3,(H,28,32)(H,25,26,27). The fourth-order valence-electron chi connectivity index (χ4n) is 3.35. The molecule has 0 aliphatic rings. The zero-order chi connectivity index (χ0) is 22.8. The fraction of sp³-hybridized carbons (Fsp3) is 0.0870. The van der Waals surface area contributed by atoms with Gasteiger partial charge in [0.05, 0.1) is 4.88 Å². The molecule has 0 aliphatic heterocycles. The maximum Gasteiger partial charge on any atom is 0.273 e. The number of thiophene rings is 1. The molecule has 0 fully saturated rings. The summed E-state index contributed by atoms with van der Waals surface area (Å²) in [6.45, 7) is 1.84.